The molecule has 2 aliphatic heterocycles. The fourth-order valence-corrected chi connectivity index (χ4v) is 5.67. The van der Waals surface area contributed by atoms with E-state index in [1.54, 1.807) is 24.4 Å². The number of aromatic nitrogens is 3. The van der Waals surface area contributed by atoms with Crippen molar-refractivity contribution in [3.05, 3.63) is 66.1 Å². The zero-order valence-corrected chi connectivity index (χ0v) is 18.3. The molecule has 0 radical (unpaired) electrons. The Kier molecular flexibility index (Phi) is 4.59. The van der Waals surface area contributed by atoms with Gasteiger partial charge < -0.3 is 9.64 Å². The van der Waals surface area contributed by atoms with E-state index in [-0.39, 0.29) is 11.6 Å². The van der Waals surface area contributed by atoms with Crippen molar-refractivity contribution in [2.45, 2.75) is 5.75 Å². The maximum atomic E-state index is 13.6. The highest BCUT2D eigenvalue weighted by Crippen LogP contribution is 2.39. The second-order valence-corrected chi connectivity index (χ2v) is 9.83. The monoisotopic (exact) mass is 465 g/mol. The molecule has 1 fully saturated rings. The summed E-state index contributed by atoms with van der Waals surface area (Å²) in [4.78, 5) is 6.71. The van der Waals surface area contributed by atoms with Gasteiger partial charge in [-0.2, -0.15) is 9.61 Å². The number of hydrogen-bond donors (Lipinski definition) is 1. The molecule has 1 saturated heterocycles. The standard InChI is InChI=1S/C23H20FN5O3S/c24-18-4-1-15(2-5-18)22-21(16-3-6-19-17(13-16)14-33(30,31)27-19)20-7-8-25-23(29(20)26-22)28-9-11-32-12-10-28/h1-8,13,27H,9-12,14H2. The molecule has 8 nitrogen and oxygen atoms in total. The van der Waals surface area contributed by atoms with Crippen molar-refractivity contribution >= 4 is 27.2 Å². The third kappa shape index (κ3) is 3.51. The quantitative estimate of drug-likeness (QED) is 0.500. The summed E-state index contributed by atoms with van der Waals surface area (Å²) in [5.74, 6) is 0.311. The molecule has 0 aliphatic carbocycles. The van der Waals surface area contributed by atoms with Crippen LogP contribution < -0.4 is 9.62 Å². The van der Waals surface area contributed by atoms with Gasteiger partial charge in [0, 0.05) is 30.4 Å². The number of hydrogen-bond acceptors (Lipinski definition) is 6. The maximum absolute atomic E-state index is 13.6. The van der Waals surface area contributed by atoms with Crippen LogP contribution in [0.4, 0.5) is 16.0 Å². The first-order valence-electron chi connectivity index (χ1n) is 10.6. The Morgan fingerprint density at radius 2 is 1.76 bits per heavy atom. The summed E-state index contributed by atoms with van der Waals surface area (Å²) in [6.45, 7) is 2.64. The van der Waals surface area contributed by atoms with E-state index in [1.165, 1.54) is 12.1 Å². The van der Waals surface area contributed by atoms with Crippen LogP contribution in [0.5, 0.6) is 0 Å². The van der Waals surface area contributed by atoms with Crippen LogP contribution in [-0.2, 0) is 20.5 Å². The molecule has 6 rings (SSSR count). The predicted octanol–water partition coefficient (Wildman–Crippen LogP) is 3.29. The third-order valence-electron chi connectivity index (χ3n) is 5.95. The Morgan fingerprint density at radius 3 is 2.55 bits per heavy atom. The van der Waals surface area contributed by atoms with Gasteiger partial charge in [-0.1, -0.05) is 6.07 Å². The van der Waals surface area contributed by atoms with Crippen molar-refractivity contribution in [2.24, 2.45) is 0 Å². The fourth-order valence-electron chi connectivity index (χ4n) is 4.42. The van der Waals surface area contributed by atoms with Gasteiger partial charge in [-0.05, 0) is 53.6 Å². The van der Waals surface area contributed by atoms with Crippen molar-refractivity contribution in [3.8, 4) is 22.4 Å². The molecule has 4 aromatic rings. The van der Waals surface area contributed by atoms with Crippen LogP contribution in [0.25, 0.3) is 27.9 Å². The average Bonchev–Trinajstić information content (AvgIpc) is 3.35. The average molecular weight is 466 g/mol. The van der Waals surface area contributed by atoms with Crippen LogP contribution in [0.15, 0.2) is 54.7 Å². The highest BCUT2D eigenvalue weighted by atomic mass is 32.2. The van der Waals surface area contributed by atoms with Crippen molar-refractivity contribution in [3.63, 3.8) is 0 Å². The number of sulfonamides is 1. The minimum Gasteiger partial charge on any atom is -0.378 e. The summed E-state index contributed by atoms with van der Waals surface area (Å²) >= 11 is 0. The summed E-state index contributed by atoms with van der Waals surface area (Å²) in [6, 6.07) is 13.6. The zero-order valence-electron chi connectivity index (χ0n) is 17.5. The summed E-state index contributed by atoms with van der Waals surface area (Å²) < 4.78 is 47.6. The lowest BCUT2D eigenvalue weighted by molar-refractivity contribution is 0.122. The highest BCUT2D eigenvalue weighted by Gasteiger charge is 2.26. The van der Waals surface area contributed by atoms with Gasteiger partial charge in [0.15, 0.2) is 0 Å². The van der Waals surface area contributed by atoms with Crippen molar-refractivity contribution in [1.82, 2.24) is 14.6 Å². The molecule has 0 unspecified atom stereocenters. The minimum absolute atomic E-state index is 0.0676. The van der Waals surface area contributed by atoms with Gasteiger partial charge in [0.05, 0.1) is 30.2 Å². The molecule has 10 heteroatoms. The normalized spacial score (nSPS) is 17.2. The Labute approximate surface area is 189 Å². The van der Waals surface area contributed by atoms with Gasteiger partial charge in [0.1, 0.15) is 11.5 Å². The number of fused-ring (bicyclic) bond motifs is 2. The lowest BCUT2D eigenvalue weighted by atomic mass is 9.98. The molecular formula is C23H20FN5O3S. The number of rotatable bonds is 3. The van der Waals surface area contributed by atoms with Crippen LogP contribution in [-0.4, -0.2) is 49.3 Å². The first-order chi connectivity index (χ1) is 16.0. The number of ether oxygens (including phenoxy) is 1. The van der Waals surface area contributed by atoms with E-state index in [4.69, 9.17) is 9.84 Å². The molecule has 0 bridgehead atoms. The number of halogens is 1. The van der Waals surface area contributed by atoms with Gasteiger partial charge in [0.2, 0.25) is 16.0 Å². The zero-order chi connectivity index (χ0) is 22.6. The first kappa shape index (κ1) is 20.1. The Bertz CT molecular complexity index is 1480. The van der Waals surface area contributed by atoms with Gasteiger partial charge >= 0.3 is 0 Å². The van der Waals surface area contributed by atoms with Gasteiger partial charge in [0.25, 0.3) is 0 Å². The number of morpholine rings is 1. The predicted molar refractivity (Wildman–Crippen MR) is 123 cm³/mol. The molecule has 1 N–H and O–H groups in total. The minimum atomic E-state index is -3.36. The molecule has 0 saturated carbocycles. The van der Waals surface area contributed by atoms with E-state index in [2.05, 4.69) is 14.6 Å². The van der Waals surface area contributed by atoms with Crippen molar-refractivity contribution in [1.29, 1.82) is 0 Å². The topological polar surface area (TPSA) is 88.8 Å². The molecule has 2 aromatic heterocycles. The number of nitrogens with zero attached hydrogens (tertiary/aromatic N) is 4. The van der Waals surface area contributed by atoms with Crippen LogP contribution in [0.1, 0.15) is 5.56 Å². The third-order valence-corrected chi connectivity index (χ3v) is 7.17. The molecular weight excluding hydrogens is 445 g/mol. The van der Waals surface area contributed by atoms with E-state index < -0.39 is 10.0 Å². The van der Waals surface area contributed by atoms with E-state index in [0.29, 0.717) is 49.2 Å². The summed E-state index contributed by atoms with van der Waals surface area (Å²) in [5, 5.41) is 4.90. The van der Waals surface area contributed by atoms with Crippen LogP contribution in [0.2, 0.25) is 0 Å². The molecule has 33 heavy (non-hydrogen) atoms. The van der Waals surface area contributed by atoms with E-state index in [9.17, 15) is 12.8 Å². The summed E-state index contributed by atoms with van der Waals surface area (Å²) in [7, 11) is -3.36. The molecule has 2 aromatic carbocycles. The van der Waals surface area contributed by atoms with Gasteiger partial charge in [-0.15, -0.1) is 0 Å². The largest absolute Gasteiger partial charge is 0.378 e. The molecule has 0 spiro atoms. The van der Waals surface area contributed by atoms with Crippen molar-refractivity contribution < 1.29 is 17.5 Å². The Morgan fingerprint density at radius 1 is 1.00 bits per heavy atom. The molecule has 0 amide bonds. The number of anilines is 2. The van der Waals surface area contributed by atoms with Crippen molar-refractivity contribution in [2.75, 3.05) is 35.9 Å². The second kappa shape index (κ2) is 7.53. The summed E-state index contributed by atoms with van der Waals surface area (Å²) in [5.41, 5.74) is 5.24. The smallest absolute Gasteiger partial charge is 0.237 e. The molecule has 2 aliphatic rings. The highest BCUT2D eigenvalue weighted by molar-refractivity contribution is 7.92. The van der Waals surface area contributed by atoms with Crippen LogP contribution >= 0.6 is 0 Å². The van der Waals surface area contributed by atoms with E-state index in [0.717, 1.165) is 22.2 Å². The summed E-state index contributed by atoms with van der Waals surface area (Å²) in [6.07, 6.45) is 1.75. The Balaban J connectivity index is 1.58. The SMILES string of the molecule is O=S1(=O)Cc2cc(-c3c(-c4ccc(F)cc4)nn4c(N5CCOCC5)nccc34)ccc2N1. The molecule has 4 heterocycles. The molecule has 168 valence electrons. The number of benzene rings is 2. The van der Waals surface area contributed by atoms with E-state index >= 15 is 0 Å². The van der Waals surface area contributed by atoms with Crippen LogP contribution in [0.3, 0.4) is 0 Å². The Hall–Kier alpha value is -3.50. The maximum Gasteiger partial charge on any atom is 0.237 e. The fraction of sp³-hybridized carbons (Fsp3) is 0.217. The van der Waals surface area contributed by atoms with Gasteiger partial charge in [-0.3, -0.25) is 4.72 Å². The van der Waals surface area contributed by atoms with Gasteiger partial charge in [-0.25, -0.2) is 17.8 Å². The second-order valence-electron chi connectivity index (χ2n) is 8.10. The lowest BCUT2D eigenvalue weighted by Crippen LogP contribution is -2.38. The molecule has 0 atom stereocenters. The lowest BCUT2D eigenvalue weighted by Gasteiger charge is -2.27. The number of nitrogens with one attached hydrogen (secondary N) is 1. The van der Waals surface area contributed by atoms with Crippen LogP contribution in [0, 0.1) is 5.82 Å². The first-order valence-corrected chi connectivity index (χ1v) is 12.2. The van der Waals surface area contributed by atoms with E-state index in [1.807, 2.05) is 22.7 Å².